The fourth-order valence-corrected chi connectivity index (χ4v) is 2.18. The van der Waals surface area contributed by atoms with Gasteiger partial charge in [-0.1, -0.05) is 46.4 Å². The maximum Gasteiger partial charge on any atom is 0.151 e. The monoisotopic (exact) mass is 321 g/mol. The van der Waals surface area contributed by atoms with Crippen molar-refractivity contribution in [2.45, 2.75) is 0 Å². The lowest BCUT2D eigenvalue weighted by Crippen LogP contribution is -1.92. The van der Waals surface area contributed by atoms with Gasteiger partial charge in [0, 0.05) is 16.1 Å². The Kier molecular flexibility index (Phi) is 4.13. The molecule has 0 atom stereocenters. The number of nitrogens with two attached hydrogens (primary N) is 1. The number of nitrogen functional groups attached to an aromatic ring is 1. The Morgan fingerprint density at radius 2 is 1.33 bits per heavy atom. The van der Waals surface area contributed by atoms with E-state index in [1.54, 1.807) is 18.2 Å². The number of rotatable bonds is 2. The highest BCUT2D eigenvalue weighted by Crippen LogP contribution is 2.36. The van der Waals surface area contributed by atoms with Crippen molar-refractivity contribution in [1.82, 2.24) is 0 Å². The Balaban J connectivity index is 2.36. The molecule has 0 fully saturated rings. The summed E-state index contributed by atoms with van der Waals surface area (Å²) in [6.07, 6.45) is 0. The van der Waals surface area contributed by atoms with Gasteiger partial charge in [-0.15, -0.1) is 0 Å². The van der Waals surface area contributed by atoms with Crippen LogP contribution in [0.1, 0.15) is 0 Å². The molecule has 0 bridgehead atoms. The average molecular weight is 323 g/mol. The summed E-state index contributed by atoms with van der Waals surface area (Å²) in [6, 6.07) is 7.90. The van der Waals surface area contributed by atoms with E-state index < -0.39 is 0 Å². The zero-order valence-electron chi connectivity index (χ0n) is 8.88. The molecule has 0 radical (unpaired) electrons. The molecule has 2 N–H and O–H groups in total. The average Bonchev–Trinajstić information content (AvgIpc) is 2.24. The van der Waals surface area contributed by atoms with Gasteiger partial charge in [0.2, 0.25) is 0 Å². The molecule has 6 heteroatoms. The van der Waals surface area contributed by atoms with E-state index in [0.717, 1.165) is 0 Å². The number of halogens is 4. The van der Waals surface area contributed by atoms with Gasteiger partial charge in [-0.25, -0.2) is 0 Å². The summed E-state index contributed by atoms with van der Waals surface area (Å²) in [5, 5.41) is 1.66. The van der Waals surface area contributed by atoms with E-state index in [0.29, 0.717) is 37.3 Å². The third kappa shape index (κ3) is 3.15. The van der Waals surface area contributed by atoms with Gasteiger partial charge in [-0.05, 0) is 24.3 Å². The second-order valence-corrected chi connectivity index (χ2v) is 5.20. The predicted molar refractivity (Wildman–Crippen MR) is 77.4 cm³/mol. The molecular weight excluding hydrogens is 316 g/mol. The molecule has 0 spiro atoms. The van der Waals surface area contributed by atoms with Gasteiger partial charge >= 0.3 is 0 Å². The number of anilines is 1. The van der Waals surface area contributed by atoms with Gasteiger partial charge in [0.1, 0.15) is 5.75 Å². The zero-order chi connectivity index (χ0) is 13.3. The van der Waals surface area contributed by atoms with E-state index in [1.165, 1.54) is 12.1 Å². The third-order valence-corrected chi connectivity index (χ3v) is 3.28. The van der Waals surface area contributed by atoms with Gasteiger partial charge in [0.15, 0.2) is 5.75 Å². The van der Waals surface area contributed by atoms with Crippen molar-refractivity contribution >= 4 is 52.1 Å². The molecule has 2 aromatic carbocycles. The van der Waals surface area contributed by atoms with Crippen molar-refractivity contribution in [2.75, 3.05) is 5.73 Å². The SMILES string of the molecule is Nc1cc(Cl)c(Cl)cc1Oc1cc(Cl)cc(Cl)c1. The maximum absolute atomic E-state index is 5.89. The molecule has 18 heavy (non-hydrogen) atoms. The fourth-order valence-electron chi connectivity index (χ4n) is 1.35. The molecule has 0 aliphatic heterocycles. The van der Waals surface area contributed by atoms with Crippen LogP contribution in [0, 0.1) is 0 Å². The number of benzene rings is 2. The number of ether oxygens (including phenoxy) is 1. The van der Waals surface area contributed by atoms with Crippen LogP contribution >= 0.6 is 46.4 Å². The van der Waals surface area contributed by atoms with Gasteiger partial charge in [-0.2, -0.15) is 0 Å². The molecule has 0 saturated heterocycles. The van der Waals surface area contributed by atoms with E-state index in [4.69, 9.17) is 56.9 Å². The Morgan fingerprint density at radius 3 is 1.94 bits per heavy atom. The van der Waals surface area contributed by atoms with E-state index in [2.05, 4.69) is 0 Å². The first-order valence-electron chi connectivity index (χ1n) is 4.84. The first-order chi connectivity index (χ1) is 8.45. The number of hydrogen-bond donors (Lipinski definition) is 1. The lowest BCUT2D eigenvalue weighted by atomic mass is 10.3. The smallest absolute Gasteiger partial charge is 0.151 e. The Bertz CT molecular complexity index is 581. The topological polar surface area (TPSA) is 35.2 Å². The van der Waals surface area contributed by atoms with Crippen molar-refractivity contribution in [3.8, 4) is 11.5 Å². The Hall–Kier alpha value is -0.800. The predicted octanol–water partition coefficient (Wildman–Crippen LogP) is 5.67. The van der Waals surface area contributed by atoms with Crippen LogP contribution in [-0.4, -0.2) is 0 Å². The van der Waals surface area contributed by atoms with Crippen molar-refractivity contribution in [2.24, 2.45) is 0 Å². The molecule has 2 nitrogen and oxygen atoms in total. The standard InChI is InChI=1S/C12H7Cl4NO/c13-6-1-7(14)3-8(2-6)18-12-5-10(16)9(15)4-11(12)17/h1-5H,17H2. The summed E-state index contributed by atoms with van der Waals surface area (Å²) >= 11 is 23.5. The molecule has 2 rings (SSSR count). The molecule has 0 aliphatic rings. The van der Waals surface area contributed by atoms with Crippen LogP contribution in [0.5, 0.6) is 11.5 Å². The van der Waals surface area contributed by atoms with E-state index >= 15 is 0 Å². The van der Waals surface area contributed by atoms with Crippen LogP contribution in [0.15, 0.2) is 30.3 Å². The first kappa shape index (κ1) is 13.6. The quantitative estimate of drug-likeness (QED) is 0.722. The fraction of sp³-hybridized carbons (Fsp3) is 0. The highest BCUT2D eigenvalue weighted by molar-refractivity contribution is 6.42. The zero-order valence-corrected chi connectivity index (χ0v) is 11.9. The molecule has 0 amide bonds. The molecule has 0 saturated carbocycles. The first-order valence-corrected chi connectivity index (χ1v) is 6.35. The van der Waals surface area contributed by atoms with Crippen LogP contribution < -0.4 is 10.5 Å². The van der Waals surface area contributed by atoms with E-state index in [-0.39, 0.29) is 0 Å². The van der Waals surface area contributed by atoms with Gasteiger partial charge < -0.3 is 10.5 Å². The number of hydrogen-bond acceptors (Lipinski definition) is 2. The van der Waals surface area contributed by atoms with Crippen LogP contribution in [-0.2, 0) is 0 Å². The van der Waals surface area contributed by atoms with E-state index in [1.807, 2.05) is 0 Å². The summed E-state index contributed by atoms with van der Waals surface area (Å²) in [6.45, 7) is 0. The third-order valence-electron chi connectivity index (χ3n) is 2.12. The largest absolute Gasteiger partial charge is 0.455 e. The normalized spacial score (nSPS) is 10.4. The van der Waals surface area contributed by atoms with Crippen LogP contribution in [0.4, 0.5) is 5.69 Å². The van der Waals surface area contributed by atoms with Crippen molar-refractivity contribution in [3.63, 3.8) is 0 Å². The van der Waals surface area contributed by atoms with Gasteiger partial charge in [-0.3, -0.25) is 0 Å². The minimum Gasteiger partial charge on any atom is -0.455 e. The molecule has 2 aromatic rings. The summed E-state index contributed by atoms with van der Waals surface area (Å²) in [4.78, 5) is 0. The highest BCUT2D eigenvalue weighted by Gasteiger charge is 2.08. The van der Waals surface area contributed by atoms with Crippen molar-refractivity contribution in [1.29, 1.82) is 0 Å². The lowest BCUT2D eigenvalue weighted by molar-refractivity contribution is 0.485. The maximum atomic E-state index is 5.89. The Morgan fingerprint density at radius 1 is 0.778 bits per heavy atom. The van der Waals surface area contributed by atoms with Gasteiger partial charge in [0.25, 0.3) is 0 Å². The van der Waals surface area contributed by atoms with Gasteiger partial charge in [0.05, 0.1) is 15.7 Å². The summed E-state index contributed by atoms with van der Waals surface area (Å²) in [5.74, 6) is 0.861. The van der Waals surface area contributed by atoms with Crippen molar-refractivity contribution < 1.29 is 4.74 Å². The van der Waals surface area contributed by atoms with Crippen molar-refractivity contribution in [3.05, 3.63) is 50.4 Å². The second-order valence-electron chi connectivity index (χ2n) is 3.51. The molecule has 94 valence electrons. The van der Waals surface area contributed by atoms with E-state index in [9.17, 15) is 0 Å². The minimum absolute atomic E-state index is 0.356. The summed E-state index contributed by atoms with van der Waals surface area (Å²) < 4.78 is 5.57. The Labute approximate surface area is 124 Å². The van der Waals surface area contributed by atoms with Crippen LogP contribution in [0.3, 0.4) is 0 Å². The molecule has 0 unspecified atom stereocenters. The summed E-state index contributed by atoms with van der Waals surface area (Å²) in [5.41, 5.74) is 6.16. The summed E-state index contributed by atoms with van der Waals surface area (Å²) in [7, 11) is 0. The minimum atomic E-state index is 0.356. The second kappa shape index (κ2) is 5.45. The lowest BCUT2D eigenvalue weighted by Gasteiger charge is -2.10. The molecule has 0 heterocycles. The molecule has 0 aliphatic carbocycles. The highest BCUT2D eigenvalue weighted by atomic mass is 35.5. The van der Waals surface area contributed by atoms with Crippen LogP contribution in [0.2, 0.25) is 20.1 Å². The molecule has 0 aromatic heterocycles. The molecular formula is C12H7Cl4NO. The van der Waals surface area contributed by atoms with Crippen LogP contribution in [0.25, 0.3) is 0 Å².